The molecule has 0 aliphatic rings. The Morgan fingerprint density at radius 2 is 0.791 bits per heavy atom. The predicted molar refractivity (Wildman–Crippen MR) is 286 cm³/mol. The molecule has 0 aliphatic heterocycles. The van der Waals surface area contributed by atoms with Crippen LogP contribution in [-0.2, 0) is 0 Å². The maximum atomic E-state index is 6.22. The monoisotopic (exact) mass is 871 g/mol. The van der Waals surface area contributed by atoms with Gasteiger partial charge in [0, 0.05) is 47.9 Å². The lowest BCUT2D eigenvalue weighted by Crippen LogP contribution is -2.11. The van der Waals surface area contributed by atoms with Crippen LogP contribution in [0.2, 0.25) is 0 Å². The Morgan fingerprint density at radius 3 is 1.57 bits per heavy atom. The van der Waals surface area contributed by atoms with E-state index in [1.807, 2.05) is 23.5 Å². The van der Waals surface area contributed by atoms with Crippen LogP contribution in [0.5, 0.6) is 0 Å². The van der Waals surface area contributed by atoms with Gasteiger partial charge >= 0.3 is 0 Å². The first-order valence-electron chi connectivity index (χ1n) is 22.8. The number of thiophene rings is 1. The third-order valence-corrected chi connectivity index (χ3v) is 14.5. The van der Waals surface area contributed by atoms with Crippen LogP contribution in [0.15, 0.2) is 253 Å². The van der Waals surface area contributed by atoms with Crippen LogP contribution < -0.4 is 4.90 Å². The average Bonchev–Trinajstić information content (AvgIpc) is 3.97. The minimum atomic E-state index is 0.908. The van der Waals surface area contributed by atoms with Gasteiger partial charge in [0.15, 0.2) is 0 Å². The van der Waals surface area contributed by atoms with Crippen molar-refractivity contribution in [2.24, 2.45) is 0 Å². The maximum absolute atomic E-state index is 6.22. The van der Waals surface area contributed by atoms with Crippen LogP contribution in [0.4, 0.5) is 17.1 Å². The lowest BCUT2D eigenvalue weighted by Gasteiger charge is -2.28. The van der Waals surface area contributed by atoms with Crippen LogP contribution in [0.3, 0.4) is 0 Å². The fraction of sp³-hybridized carbons (Fsp3) is 0. The SMILES string of the molecule is c1cc(-c2ccccc2N(c2ccc(-c3ccc(-c4ccc5c(c4)oc4ccccc45)cc3)cc2)c2ccc(-c3ccc4sc5ccccc5c4c3)cc2)cc(-c2cccc3ccccc23)c1. The molecule has 0 saturated heterocycles. The Hall–Kier alpha value is -8.50. The molecule has 0 amide bonds. The van der Waals surface area contributed by atoms with Crippen molar-refractivity contribution in [1.82, 2.24) is 0 Å². The largest absolute Gasteiger partial charge is 0.456 e. The smallest absolute Gasteiger partial charge is 0.136 e. The molecule has 2 heterocycles. The topological polar surface area (TPSA) is 16.4 Å². The van der Waals surface area contributed by atoms with Crippen LogP contribution in [0, 0.1) is 0 Å². The Kier molecular flexibility index (Phi) is 9.40. The second-order valence-electron chi connectivity index (χ2n) is 17.2. The summed E-state index contributed by atoms with van der Waals surface area (Å²) in [6, 6.07) is 90.3. The number of rotatable bonds is 8. The van der Waals surface area contributed by atoms with E-state index < -0.39 is 0 Å². The van der Waals surface area contributed by atoms with Crippen molar-refractivity contribution in [3.8, 4) is 55.6 Å². The van der Waals surface area contributed by atoms with Gasteiger partial charge in [0.25, 0.3) is 0 Å². The summed E-state index contributed by atoms with van der Waals surface area (Å²) in [5.41, 5.74) is 16.9. The molecule has 2 aromatic heterocycles. The molecule has 13 rings (SSSR count). The second-order valence-corrected chi connectivity index (χ2v) is 18.3. The highest BCUT2D eigenvalue weighted by Gasteiger charge is 2.19. The Balaban J connectivity index is 0.875. The lowest BCUT2D eigenvalue weighted by molar-refractivity contribution is 0.669. The number of anilines is 3. The number of nitrogens with zero attached hydrogens (tertiary/aromatic N) is 1. The average molecular weight is 872 g/mol. The van der Waals surface area contributed by atoms with Gasteiger partial charge in [0.2, 0.25) is 0 Å². The van der Waals surface area contributed by atoms with E-state index >= 15 is 0 Å². The van der Waals surface area contributed by atoms with Gasteiger partial charge in [-0.25, -0.2) is 0 Å². The van der Waals surface area contributed by atoms with Crippen molar-refractivity contribution in [3.05, 3.63) is 249 Å². The van der Waals surface area contributed by atoms with Gasteiger partial charge in [0.1, 0.15) is 11.2 Å². The second kappa shape index (κ2) is 16.2. The van der Waals surface area contributed by atoms with Gasteiger partial charge in [-0.1, -0.05) is 176 Å². The van der Waals surface area contributed by atoms with E-state index in [1.54, 1.807) is 0 Å². The molecule has 0 fully saturated rings. The van der Waals surface area contributed by atoms with Gasteiger partial charge in [0.05, 0.1) is 5.69 Å². The third-order valence-electron chi connectivity index (χ3n) is 13.3. The number of benzene rings is 11. The van der Waals surface area contributed by atoms with Crippen molar-refractivity contribution >= 4 is 81.3 Å². The van der Waals surface area contributed by atoms with Crippen LogP contribution in [-0.4, -0.2) is 0 Å². The molecule has 0 N–H and O–H groups in total. The van der Waals surface area contributed by atoms with Gasteiger partial charge in [-0.2, -0.15) is 0 Å². The molecule has 0 atom stereocenters. The molecule has 0 radical (unpaired) electrons. The Bertz CT molecular complexity index is 3970. The van der Waals surface area contributed by atoms with Gasteiger partial charge in [-0.3, -0.25) is 0 Å². The summed E-state index contributed by atoms with van der Waals surface area (Å²) in [6.07, 6.45) is 0. The number of hydrogen-bond donors (Lipinski definition) is 0. The zero-order valence-corrected chi connectivity index (χ0v) is 37.3. The molecule has 13 aromatic rings. The van der Waals surface area contributed by atoms with Crippen molar-refractivity contribution in [3.63, 3.8) is 0 Å². The van der Waals surface area contributed by atoms with Gasteiger partial charge in [-0.05, 0) is 134 Å². The molecule has 3 heteroatoms. The normalized spacial score (nSPS) is 11.6. The highest BCUT2D eigenvalue weighted by molar-refractivity contribution is 7.25. The molecule has 0 unspecified atom stereocenters. The van der Waals surface area contributed by atoms with Crippen molar-refractivity contribution in [2.45, 2.75) is 0 Å². The minimum Gasteiger partial charge on any atom is -0.456 e. The molecule has 2 nitrogen and oxygen atoms in total. The Morgan fingerprint density at radius 1 is 0.284 bits per heavy atom. The van der Waals surface area contributed by atoms with Gasteiger partial charge in [-0.15, -0.1) is 11.3 Å². The van der Waals surface area contributed by atoms with Crippen molar-refractivity contribution in [1.29, 1.82) is 0 Å². The van der Waals surface area contributed by atoms with E-state index in [2.05, 4.69) is 241 Å². The zero-order valence-electron chi connectivity index (χ0n) is 36.4. The molecule has 314 valence electrons. The molecule has 67 heavy (non-hydrogen) atoms. The molecule has 0 aliphatic carbocycles. The number of furan rings is 1. The number of hydrogen-bond acceptors (Lipinski definition) is 3. The zero-order chi connectivity index (χ0) is 44.3. The van der Waals surface area contributed by atoms with Crippen molar-refractivity contribution < 1.29 is 4.42 Å². The lowest BCUT2D eigenvalue weighted by atomic mass is 9.94. The summed E-state index contributed by atoms with van der Waals surface area (Å²) in [5.74, 6) is 0. The molecular weight excluding hydrogens is 831 g/mol. The van der Waals surface area contributed by atoms with E-state index in [-0.39, 0.29) is 0 Å². The molecule has 0 saturated carbocycles. The first kappa shape index (κ1) is 38.9. The summed E-state index contributed by atoms with van der Waals surface area (Å²) in [5, 5.41) is 7.40. The Labute approximate surface area is 392 Å². The molecule has 11 aromatic carbocycles. The fourth-order valence-corrected chi connectivity index (χ4v) is 11.0. The van der Waals surface area contributed by atoms with Gasteiger partial charge < -0.3 is 9.32 Å². The molecule has 0 bridgehead atoms. The van der Waals surface area contributed by atoms with E-state index in [0.717, 1.165) is 72.4 Å². The summed E-state index contributed by atoms with van der Waals surface area (Å²) in [4.78, 5) is 2.40. The van der Waals surface area contributed by atoms with E-state index in [0.29, 0.717) is 0 Å². The highest BCUT2D eigenvalue weighted by Crippen LogP contribution is 2.44. The van der Waals surface area contributed by atoms with E-state index in [9.17, 15) is 0 Å². The number of para-hydroxylation sites is 2. The maximum Gasteiger partial charge on any atom is 0.136 e. The summed E-state index contributed by atoms with van der Waals surface area (Å²) >= 11 is 1.86. The standard InChI is InChI=1S/C64H41NOS/c1-2-15-53-46(11-1)12-10-19-54(53)49-13-9-14-50(39-49)55-16-3-6-20-60(55)65(52-35-29-45(30-36-52)47-32-38-64-59(40-47)58-18-5-8-22-63(58)67-64)51-33-27-43(28-34-51)42-23-25-44(26-24-42)48-31-37-57-56-17-4-7-21-61(56)66-62(57)41-48/h1-41H. The van der Waals surface area contributed by atoms with Crippen LogP contribution in [0.25, 0.3) is 109 Å². The fourth-order valence-electron chi connectivity index (χ4n) is 9.94. The van der Waals surface area contributed by atoms with Crippen LogP contribution >= 0.6 is 11.3 Å². The number of fused-ring (bicyclic) bond motifs is 7. The summed E-state index contributed by atoms with van der Waals surface area (Å²) < 4.78 is 8.85. The van der Waals surface area contributed by atoms with Crippen molar-refractivity contribution in [2.75, 3.05) is 4.90 Å². The minimum absolute atomic E-state index is 0.908. The summed E-state index contributed by atoms with van der Waals surface area (Å²) in [6.45, 7) is 0. The predicted octanol–water partition coefficient (Wildman–Crippen LogP) is 18.9. The van der Waals surface area contributed by atoms with E-state index in [4.69, 9.17) is 4.42 Å². The summed E-state index contributed by atoms with van der Waals surface area (Å²) in [7, 11) is 0. The van der Waals surface area contributed by atoms with Crippen LogP contribution in [0.1, 0.15) is 0 Å². The first-order chi connectivity index (χ1) is 33.2. The molecular formula is C64H41NOS. The quantitative estimate of drug-likeness (QED) is 0.151. The molecule has 0 spiro atoms. The third kappa shape index (κ3) is 6.96. The first-order valence-corrected chi connectivity index (χ1v) is 23.6. The van der Waals surface area contributed by atoms with E-state index in [1.165, 1.54) is 53.2 Å². The highest BCUT2D eigenvalue weighted by atomic mass is 32.1.